The van der Waals surface area contributed by atoms with E-state index in [4.69, 9.17) is 9.72 Å². The highest BCUT2D eigenvalue weighted by atomic mass is 19.1. The van der Waals surface area contributed by atoms with Gasteiger partial charge in [-0.2, -0.15) is 9.97 Å². The number of aromatic nitrogens is 2. The molecule has 0 radical (unpaired) electrons. The third kappa shape index (κ3) is 4.25. The lowest BCUT2D eigenvalue weighted by molar-refractivity contribution is -0.0877. The molecule has 3 aliphatic rings. The first-order valence-corrected chi connectivity index (χ1v) is 13.6. The Morgan fingerprint density at radius 1 is 1.00 bits per heavy atom. The quantitative estimate of drug-likeness (QED) is 0.298. The first kappa shape index (κ1) is 24.5. The average Bonchev–Trinajstić information content (AvgIpc) is 3.27. The molecule has 2 unspecified atom stereocenters. The lowest BCUT2D eigenvalue weighted by Crippen LogP contribution is -2.51. The topological polar surface area (TPSA) is 111 Å². The molecule has 0 spiro atoms. The number of phenols is 1. The summed E-state index contributed by atoms with van der Waals surface area (Å²) in [5.41, 5.74) is 0.514. The fourth-order valence-electron chi connectivity index (χ4n) is 6.58. The van der Waals surface area contributed by atoms with Crippen molar-refractivity contribution in [3.05, 3.63) is 54.3 Å². The van der Waals surface area contributed by atoms with Gasteiger partial charge in [-0.15, -0.1) is 0 Å². The summed E-state index contributed by atoms with van der Waals surface area (Å²) in [6.07, 6.45) is 2.61. The number of fused-ring (bicyclic) bond motifs is 4. The van der Waals surface area contributed by atoms with Gasteiger partial charge < -0.3 is 30.3 Å². The van der Waals surface area contributed by atoms with Crippen molar-refractivity contribution < 1.29 is 24.4 Å². The van der Waals surface area contributed by atoms with E-state index in [-0.39, 0.29) is 30.5 Å². The number of phenolic OH excluding ortho intramolecular Hbond substituents is 1. The van der Waals surface area contributed by atoms with Crippen LogP contribution in [0.5, 0.6) is 11.8 Å². The maximum atomic E-state index is 16.4. The van der Waals surface area contributed by atoms with E-state index in [1.165, 1.54) is 0 Å². The van der Waals surface area contributed by atoms with Crippen molar-refractivity contribution in [2.45, 2.75) is 43.9 Å². The van der Waals surface area contributed by atoms with Gasteiger partial charge in [-0.05, 0) is 60.2 Å². The van der Waals surface area contributed by atoms with E-state index in [9.17, 15) is 15.3 Å². The molecule has 2 atom stereocenters. The molecule has 2 saturated heterocycles. The number of benzene rings is 3. The van der Waals surface area contributed by atoms with Crippen molar-refractivity contribution in [3.8, 4) is 22.9 Å². The van der Waals surface area contributed by atoms with Crippen LogP contribution in [-0.4, -0.2) is 69.8 Å². The van der Waals surface area contributed by atoms with Crippen LogP contribution in [0.15, 0.2) is 48.5 Å². The number of halogens is 1. The smallest absolute Gasteiger partial charge is 0.319 e. The molecule has 2 bridgehead atoms. The predicted octanol–water partition coefficient (Wildman–Crippen LogP) is 3.75. The van der Waals surface area contributed by atoms with Crippen molar-refractivity contribution in [1.29, 1.82) is 0 Å². The SMILES string of the molecule is OCC1(COc2nc(N3CC4CCC(C3)N4)c3ccc(-c4cc(O)cc5ccccc45)c(F)c3n2)CC(O)C1. The molecule has 39 heavy (non-hydrogen) atoms. The Bertz CT molecular complexity index is 1560. The first-order chi connectivity index (χ1) is 18.9. The largest absolute Gasteiger partial charge is 0.508 e. The minimum absolute atomic E-state index is 0.0504. The molecule has 2 aliphatic heterocycles. The third-order valence-corrected chi connectivity index (χ3v) is 8.60. The minimum Gasteiger partial charge on any atom is -0.508 e. The summed E-state index contributed by atoms with van der Waals surface area (Å²) >= 11 is 0. The summed E-state index contributed by atoms with van der Waals surface area (Å²) in [5, 5.41) is 36.0. The number of piperazine rings is 1. The number of anilines is 1. The lowest BCUT2D eigenvalue weighted by Gasteiger charge is -2.43. The Morgan fingerprint density at radius 2 is 1.77 bits per heavy atom. The fraction of sp³-hybridized carbons (Fsp3) is 0.400. The molecule has 9 heteroatoms. The van der Waals surface area contributed by atoms with Gasteiger partial charge in [0.15, 0.2) is 5.82 Å². The summed E-state index contributed by atoms with van der Waals surface area (Å²) in [6, 6.07) is 15.2. The zero-order valence-electron chi connectivity index (χ0n) is 21.5. The number of hydrogen-bond acceptors (Lipinski definition) is 8. The Morgan fingerprint density at radius 3 is 2.51 bits per heavy atom. The Kier molecular flexibility index (Phi) is 5.84. The standard InChI is InChI=1S/C30H31FN4O4/c31-26-23(25-10-20(37)9-17-3-1-2-4-22(17)25)7-8-24-27(26)33-29(39-16-30(15-36)11-21(38)12-30)34-28(24)35-13-18-5-6-19(14-35)32-18/h1-4,7-10,18-19,21,32,36-38H,5-6,11-16H2. The number of nitrogens with zero attached hydrogens (tertiary/aromatic N) is 3. The van der Waals surface area contributed by atoms with Crippen LogP contribution < -0.4 is 15.0 Å². The van der Waals surface area contributed by atoms with Gasteiger partial charge in [-0.3, -0.25) is 0 Å². The highest BCUT2D eigenvalue weighted by Crippen LogP contribution is 2.42. The van der Waals surface area contributed by atoms with Gasteiger partial charge in [0.05, 0.1) is 19.3 Å². The van der Waals surface area contributed by atoms with Crippen LogP contribution >= 0.6 is 0 Å². The van der Waals surface area contributed by atoms with Crippen molar-refractivity contribution in [2.24, 2.45) is 5.41 Å². The summed E-state index contributed by atoms with van der Waals surface area (Å²) in [6.45, 7) is 1.54. The monoisotopic (exact) mass is 530 g/mol. The number of hydrogen-bond donors (Lipinski definition) is 4. The number of nitrogens with one attached hydrogen (secondary N) is 1. The van der Waals surface area contributed by atoms with Crippen LogP contribution in [0.3, 0.4) is 0 Å². The molecule has 0 amide bonds. The van der Waals surface area contributed by atoms with Crippen LogP contribution in [0.4, 0.5) is 10.2 Å². The summed E-state index contributed by atoms with van der Waals surface area (Å²) in [4.78, 5) is 11.5. The highest BCUT2D eigenvalue weighted by molar-refractivity contribution is 6.01. The van der Waals surface area contributed by atoms with E-state index < -0.39 is 17.3 Å². The minimum atomic E-state index is -0.549. The van der Waals surface area contributed by atoms with Gasteiger partial charge in [-0.1, -0.05) is 30.3 Å². The molecular weight excluding hydrogens is 499 g/mol. The second-order valence-electron chi connectivity index (χ2n) is 11.4. The van der Waals surface area contributed by atoms with E-state index in [1.807, 2.05) is 30.3 Å². The van der Waals surface area contributed by atoms with Crippen LogP contribution in [0.1, 0.15) is 25.7 Å². The second-order valence-corrected chi connectivity index (χ2v) is 11.4. The lowest BCUT2D eigenvalue weighted by atomic mass is 9.68. The number of aliphatic hydroxyl groups excluding tert-OH is 2. The molecule has 4 N–H and O–H groups in total. The van der Waals surface area contributed by atoms with E-state index >= 15 is 4.39 Å². The molecule has 202 valence electrons. The van der Waals surface area contributed by atoms with Crippen molar-refractivity contribution in [1.82, 2.24) is 15.3 Å². The molecule has 8 nitrogen and oxygen atoms in total. The van der Waals surface area contributed by atoms with Crippen LogP contribution in [0, 0.1) is 11.2 Å². The normalized spacial score (nSPS) is 26.2. The number of aromatic hydroxyl groups is 1. The summed E-state index contributed by atoms with van der Waals surface area (Å²) in [7, 11) is 0. The molecule has 3 heterocycles. The molecule has 7 rings (SSSR count). The zero-order chi connectivity index (χ0) is 26.7. The van der Waals surface area contributed by atoms with Gasteiger partial charge in [0.2, 0.25) is 0 Å². The second kappa shape index (κ2) is 9.29. The molecule has 3 aromatic carbocycles. The highest BCUT2D eigenvalue weighted by Gasteiger charge is 2.44. The maximum Gasteiger partial charge on any atom is 0.319 e. The van der Waals surface area contributed by atoms with E-state index in [1.54, 1.807) is 18.2 Å². The maximum absolute atomic E-state index is 16.4. The zero-order valence-corrected chi connectivity index (χ0v) is 21.5. The van der Waals surface area contributed by atoms with E-state index in [2.05, 4.69) is 15.2 Å². The van der Waals surface area contributed by atoms with E-state index in [0.29, 0.717) is 47.3 Å². The van der Waals surface area contributed by atoms with Gasteiger partial charge in [0, 0.05) is 41.5 Å². The van der Waals surface area contributed by atoms with E-state index in [0.717, 1.165) is 36.7 Å². The number of rotatable bonds is 6. The van der Waals surface area contributed by atoms with Gasteiger partial charge in [0.25, 0.3) is 0 Å². The number of ether oxygens (including phenoxy) is 1. The van der Waals surface area contributed by atoms with Crippen LogP contribution in [-0.2, 0) is 0 Å². The van der Waals surface area contributed by atoms with Gasteiger partial charge >= 0.3 is 6.01 Å². The van der Waals surface area contributed by atoms with Gasteiger partial charge in [0.1, 0.15) is 17.1 Å². The summed E-state index contributed by atoms with van der Waals surface area (Å²) in [5.74, 6) is 0.181. The molecular formula is C30H31FN4O4. The Hall–Kier alpha value is -3.53. The molecule has 1 saturated carbocycles. The molecule has 1 aliphatic carbocycles. The first-order valence-electron chi connectivity index (χ1n) is 13.6. The van der Waals surface area contributed by atoms with Crippen LogP contribution in [0.25, 0.3) is 32.8 Å². The molecule has 1 aromatic heterocycles. The fourth-order valence-corrected chi connectivity index (χ4v) is 6.58. The third-order valence-electron chi connectivity index (χ3n) is 8.60. The van der Waals surface area contributed by atoms with Crippen molar-refractivity contribution >= 4 is 27.5 Å². The predicted molar refractivity (Wildman–Crippen MR) is 147 cm³/mol. The van der Waals surface area contributed by atoms with Gasteiger partial charge in [-0.25, -0.2) is 4.39 Å². The van der Waals surface area contributed by atoms with Crippen molar-refractivity contribution in [2.75, 3.05) is 31.2 Å². The Labute approximate surface area is 225 Å². The molecule has 3 fully saturated rings. The number of aliphatic hydroxyl groups is 2. The average molecular weight is 531 g/mol. The summed E-state index contributed by atoms with van der Waals surface area (Å²) < 4.78 is 22.5. The van der Waals surface area contributed by atoms with Crippen LogP contribution in [0.2, 0.25) is 0 Å². The Balaban J connectivity index is 1.35. The molecule has 4 aromatic rings. The van der Waals surface area contributed by atoms with Crippen molar-refractivity contribution in [3.63, 3.8) is 0 Å².